The van der Waals surface area contributed by atoms with Crippen molar-refractivity contribution < 1.29 is 23.4 Å². The number of piperidine rings is 1. The number of benzene rings is 1. The van der Waals surface area contributed by atoms with E-state index in [4.69, 9.17) is 18.6 Å². The number of carbonyl (C=O) groups excluding carboxylic acids is 1. The van der Waals surface area contributed by atoms with Gasteiger partial charge in [-0.25, -0.2) is 4.79 Å². The Balaban J connectivity index is 1.99. The van der Waals surface area contributed by atoms with E-state index in [0.29, 0.717) is 33.9 Å². The van der Waals surface area contributed by atoms with Crippen molar-refractivity contribution in [3.05, 3.63) is 12.3 Å². The summed E-state index contributed by atoms with van der Waals surface area (Å²) in [7, 11) is 4.65. The zero-order chi connectivity index (χ0) is 20.1. The van der Waals surface area contributed by atoms with Gasteiger partial charge in [-0.1, -0.05) is 6.42 Å². The van der Waals surface area contributed by atoms with Gasteiger partial charge in [-0.05, 0) is 38.9 Å². The SMILES string of the molecule is CNC(=O)Nc1c(OC(C)CN2CCCCC2)c(OC)c2occc2c1OC. The molecule has 1 fully saturated rings. The number of carbonyl (C=O) groups is 1. The quantitative estimate of drug-likeness (QED) is 0.752. The first kappa shape index (κ1) is 20.1. The normalized spacial score (nSPS) is 15.9. The summed E-state index contributed by atoms with van der Waals surface area (Å²) < 4.78 is 23.1. The molecule has 1 atom stereocenters. The molecule has 28 heavy (non-hydrogen) atoms. The van der Waals surface area contributed by atoms with Crippen LogP contribution in [0.4, 0.5) is 10.5 Å². The molecule has 1 aromatic carbocycles. The standard InChI is InChI=1S/C20H29N3O5/c1-13(12-23-9-6-5-7-10-23)28-18-15(22-20(24)21-2)16(25-3)14-8-11-27-17(14)19(18)26-4/h8,11,13H,5-7,9-10,12H2,1-4H3,(H2,21,22,24). The van der Waals surface area contributed by atoms with Gasteiger partial charge in [0.25, 0.3) is 0 Å². The van der Waals surface area contributed by atoms with Crippen molar-refractivity contribution in [2.45, 2.75) is 32.3 Å². The minimum Gasteiger partial charge on any atom is -0.494 e. The second-order valence-corrected chi connectivity index (χ2v) is 6.93. The Hall–Kier alpha value is -2.61. The van der Waals surface area contributed by atoms with Gasteiger partial charge in [0.2, 0.25) is 5.75 Å². The molecule has 0 saturated carbocycles. The highest BCUT2D eigenvalue weighted by Gasteiger charge is 2.27. The average molecular weight is 391 g/mol. The number of methoxy groups -OCH3 is 2. The van der Waals surface area contributed by atoms with Gasteiger partial charge in [0.1, 0.15) is 11.8 Å². The van der Waals surface area contributed by atoms with E-state index < -0.39 is 0 Å². The molecule has 2 N–H and O–H groups in total. The van der Waals surface area contributed by atoms with E-state index in [1.165, 1.54) is 19.3 Å². The number of hydrogen-bond donors (Lipinski definition) is 2. The number of likely N-dealkylation sites (tertiary alicyclic amines) is 1. The molecule has 1 unspecified atom stereocenters. The van der Waals surface area contributed by atoms with Gasteiger partial charge in [0, 0.05) is 13.6 Å². The molecule has 1 aliphatic rings. The molecular weight excluding hydrogens is 362 g/mol. The lowest BCUT2D eigenvalue weighted by molar-refractivity contribution is 0.128. The monoisotopic (exact) mass is 391 g/mol. The third-order valence-corrected chi connectivity index (χ3v) is 4.93. The van der Waals surface area contributed by atoms with Crippen LogP contribution in [0, 0.1) is 0 Å². The topological polar surface area (TPSA) is 85.2 Å². The molecule has 8 heteroatoms. The largest absolute Gasteiger partial charge is 0.494 e. The molecule has 0 spiro atoms. The highest BCUT2D eigenvalue weighted by atomic mass is 16.5. The molecule has 8 nitrogen and oxygen atoms in total. The molecule has 2 aromatic rings. The van der Waals surface area contributed by atoms with Crippen LogP contribution in [-0.4, -0.2) is 57.9 Å². The zero-order valence-corrected chi connectivity index (χ0v) is 17.0. The summed E-state index contributed by atoms with van der Waals surface area (Å²) >= 11 is 0. The smallest absolute Gasteiger partial charge is 0.319 e. The number of urea groups is 1. The Morgan fingerprint density at radius 3 is 2.54 bits per heavy atom. The maximum atomic E-state index is 12.1. The molecule has 2 heterocycles. The fraction of sp³-hybridized carbons (Fsp3) is 0.550. The van der Waals surface area contributed by atoms with Gasteiger partial charge in [-0.2, -0.15) is 0 Å². The van der Waals surface area contributed by atoms with Gasteiger partial charge < -0.3 is 29.3 Å². The van der Waals surface area contributed by atoms with E-state index in [0.717, 1.165) is 19.6 Å². The van der Waals surface area contributed by atoms with Crippen molar-refractivity contribution in [2.24, 2.45) is 0 Å². The molecule has 1 aliphatic heterocycles. The van der Waals surface area contributed by atoms with Gasteiger partial charge in [0.15, 0.2) is 17.1 Å². The fourth-order valence-electron chi connectivity index (χ4n) is 3.66. The van der Waals surface area contributed by atoms with Gasteiger partial charge in [-0.15, -0.1) is 0 Å². The number of furan rings is 1. The summed E-state index contributed by atoms with van der Waals surface area (Å²) in [5.41, 5.74) is 0.931. The third kappa shape index (κ3) is 4.11. The maximum Gasteiger partial charge on any atom is 0.319 e. The lowest BCUT2D eigenvalue weighted by Gasteiger charge is -2.30. The van der Waals surface area contributed by atoms with E-state index >= 15 is 0 Å². The number of anilines is 1. The summed E-state index contributed by atoms with van der Waals surface area (Å²) in [4.78, 5) is 14.5. The van der Waals surface area contributed by atoms with Crippen LogP contribution >= 0.6 is 0 Å². The molecule has 2 amide bonds. The maximum absolute atomic E-state index is 12.1. The van der Waals surface area contributed by atoms with E-state index in [1.807, 2.05) is 6.92 Å². The van der Waals surface area contributed by atoms with Crippen LogP contribution in [0.25, 0.3) is 11.0 Å². The van der Waals surface area contributed by atoms with Gasteiger partial charge in [0.05, 0.1) is 25.9 Å². The third-order valence-electron chi connectivity index (χ3n) is 4.93. The number of amides is 2. The summed E-state index contributed by atoms with van der Waals surface area (Å²) in [6.45, 7) is 4.96. The number of nitrogens with zero attached hydrogens (tertiary/aromatic N) is 1. The zero-order valence-electron chi connectivity index (χ0n) is 17.0. The molecule has 1 saturated heterocycles. The lowest BCUT2D eigenvalue weighted by atomic mass is 10.1. The van der Waals surface area contributed by atoms with Crippen LogP contribution in [0.2, 0.25) is 0 Å². The molecule has 0 aliphatic carbocycles. The van der Waals surface area contributed by atoms with E-state index in [9.17, 15) is 4.79 Å². The predicted molar refractivity (Wildman–Crippen MR) is 108 cm³/mol. The first-order valence-corrected chi connectivity index (χ1v) is 9.61. The number of fused-ring (bicyclic) bond motifs is 1. The van der Waals surface area contributed by atoms with Crippen molar-refractivity contribution in [3.63, 3.8) is 0 Å². The van der Waals surface area contributed by atoms with Gasteiger partial charge >= 0.3 is 6.03 Å². The molecule has 3 rings (SSSR count). The fourth-order valence-corrected chi connectivity index (χ4v) is 3.66. The number of hydrogen-bond acceptors (Lipinski definition) is 6. The van der Waals surface area contributed by atoms with Crippen LogP contribution < -0.4 is 24.8 Å². The molecule has 0 bridgehead atoms. The first-order valence-electron chi connectivity index (χ1n) is 9.61. The van der Waals surface area contributed by atoms with Crippen molar-refractivity contribution in [3.8, 4) is 17.2 Å². The Morgan fingerprint density at radius 2 is 1.89 bits per heavy atom. The highest BCUT2D eigenvalue weighted by Crippen LogP contribution is 2.50. The van der Waals surface area contributed by atoms with E-state index in [2.05, 4.69) is 15.5 Å². The number of rotatable bonds is 7. The van der Waals surface area contributed by atoms with E-state index in [1.54, 1.807) is 33.6 Å². The summed E-state index contributed by atoms with van der Waals surface area (Å²) in [5.74, 6) is 1.29. The number of nitrogens with one attached hydrogen (secondary N) is 2. The highest BCUT2D eigenvalue weighted by molar-refractivity contribution is 6.03. The molecule has 1 aromatic heterocycles. The second kappa shape index (κ2) is 9.05. The van der Waals surface area contributed by atoms with Crippen LogP contribution in [0.3, 0.4) is 0 Å². The Kier molecular flexibility index (Phi) is 6.51. The van der Waals surface area contributed by atoms with Crippen LogP contribution in [0.1, 0.15) is 26.2 Å². The minimum atomic E-state index is -0.378. The van der Waals surface area contributed by atoms with Crippen molar-refractivity contribution in [1.29, 1.82) is 0 Å². The predicted octanol–water partition coefficient (Wildman–Crippen LogP) is 3.45. The van der Waals surface area contributed by atoms with Crippen molar-refractivity contribution >= 4 is 22.7 Å². The second-order valence-electron chi connectivity index (χ2n) is 6.93. The van der Waals surface area contributed by atoms with E-state index in [-0.39, 0.29) is 12.1 Å². The van der Waals surface area contributed by atoms with Crippen LogP contribution in [0.15, 0.2) is 16.7 Å². The Bertz CT molecular complexity index is 814. The van der Waals surface area contributed by atoms with Crippen molar-refractivity contribution in [1.82, 2.24) is 10.2 Å². The number of ether oxygens (including phenoxy) is 3. The molecular formula is C20H29N3O5. The average Bonchev–Trinajstić information content (AvgIpc) is 3.18. The molecule has 154 valence electrons. The summed E-state index contributed by atoms with van der Waals surface area (Å²) in [5, 5.41) is 6.06. The summed E-state index contributed by atoms with van der Waals surface area (Å²) in [6, 6.07) is 1.39. The van der Waals surface area contributed by atoms with Gasteiger partial charge in [-0.3, -0.25) is 4.90 Å². The summed E-state index contributed by atoms with van der Waals surface area (Å²) in [6.07, 6.45) is 5.15. The lowest BCUT2D eigenvalue weighted by Crippen LogP contribution is -2.37. The molecule has 0 radical (unpaired) electrons. The van der Waals surface area contributed by atoms with Crippen LogP contribution in [-0.2, 0) is 0 Å². The first-order chi connectivity index (χ1) is 13.6. The Labute approximate surface area is 165 Å². The Morgan fingerprint density at radius 1 is 1.18 bits per heavy atom. The van der Waals surface area contributed by atoms with Crippen LogP contribution in [0.5, 0.6) is 17.2 Å². The van der Waals surface area contributed by atoms with Crippen molar-refractivity contribution in [2.75, 3.05) is 46.2 Å². The minimum absolute atomic E-state index is 0.116.